The van der Waals surface area contributed by atoms with Gasteiger partial charge in [0.1, 0.15) is 0 Å². The monoisotopic (exact) mass is 325 g/mol. The quantitative estimate of drug-likeness (QED) is 0.853. The minimum atomic E-state index is -0.975. The van der Waals surface area contributed by atoms with Crippen LogP contribution in [0.25, 0.3) is 6.08 Å². The number of nitrogens with zero attached hydrogens (tertiary/aromatic N) is 1. The van der Waals surface area contributed by atoms with Crippen molar-refractivity contribution in [3.63, 3.8) is 0 Å². The molecule has 1 aliphatic rings. The van der Waals surface area contributed by atoms with E-state index in [1.807, 2.05) is 37.3 Å². The molecule has 23 heavy (non-hydrogen) atoms. The number of anilines is 1. The number of carboxylic acid groups (broad SMARTS) is 1. The summed E-state index contributed by atoms with van der Waals surface area (Å²) < 4.78 is 0. The Kier molecular flexibility index (Phi) is 3.96. The van der Waals surface area contributed by atoms with E-state index in [0.29, 0.717) is 4.91 Å². The van der Waals surface area contributed by atoms with Gasteiger partial charge in [0, 0.05) is 11.9 Å². The summed E-state index contributed by atoms with van der Waals surface area (Å²) in [7, 11) is 1.70. The maximum absolute atomic E-state index is 12.5. The molecular formula is C18H15NO3S. The van der Waals surface area contributed by atoms with Crippen LogP contribution in [0.3, 0.4) is 0 Å². The second-order valence-electron chi connectivity index (χ2n) is 5.37. The molecule has 1 heterocycles. The van der Waals surface area contributed by atoms with Crippen LogP contribution >= 0.6 is 11.8 Å². The van der Waals surface area contributed by atoms with Gasteiger partial charge in [-0.1, -0.05) is 41.6 Å². The molecule has 0 fully saturated rings. The topological polar surface area (TPSA) is 57.6 Å². The highest BCUT2D eigenvalue weighted by molar-refractivity contribution is 8.04. The zero-order valence-electron chi connectivity index (χ0n) is 12.7. The molecule has 1 N–H and O–H groups in total. The predicted molar refractivity (Wildman–Crippen MR) is 91.8 cm³/mol. The van der Waals surface area contributed by atoms with Crippen molar-refractivity contribution in [2.45, 2.75) is 11.8 Å². The van der Waals surface area contributed by atoms with Gasteiger partial charge < -0.3 is 10.0 Å². The summed E-state index contributed by atoms with van der Waals surface area (Å²) in [4.78, 5) is 26.5. The van der Waals surface area contributed by atoms with Gasteiger partial charge in [-0.25, -0.2) is 4.79 Å². The van der Waals surface area contributed by atoms with E-state index in [-0.39, 0.29) is 11.5 Å². The predicted octanol–water partition coefficient (Wildman–Crippen LogP) is 3.80. The molecule has 3 rings (SSSR count). The van der Waals surface area contributed by atoms with Gasteiger partial charge in [0.2, 0.25) is 0 Å². The van der Waals surface area contributed by atoms with Crippen molar-refractivity contribution < 1.29 is 14.7 Å². The number of carbonyl (C=O) groups excluding carboxylic acids is 1. The number of thioether (sulfide) groups is 1. The maximum atomic E-state index is 12.5. The van der Waals surface area contributed by atoms with Gasteiger partial charge in [-0.05, 0) is 36.8 Å². The van der Waals surface area contributed by atoms with Crippen molar-refractivity contribution in [2.75, 3.05) is 11.9 Å². The van der Waals surface area contributed by atoms with Gasteiger partial charge in [-0.3, -0.25) is 4.79 Å². The molecule has 0 saturated heterocycles. The molecular weight excluding hydrogens is 310 g/mol. The van der Waals surface area contributed by atoms with Gasteiger partial charge in [0.15, 0.2) is 0 Å². The van der Waals surface area contributed by atoms with Crippen molar-refractivity contribution in [1.29, 1.82) is 0 Å². The van der Waals surface area contributed by atoms with Crippen LogP contribution in [0, 0.1) is 6.92 Å². The number of hydrogen-bond donors (Lipinski definition) is 1. The third kappa shape index (κ3) is 3.00. The lowest BCUT2D eigenvalue weighted by atomic mass is 10.1. The second-order valence-corrected chi connectivity index (χ2v) is 6.46. The Morgan fingerprint density at radius 2 is 1.87 bits per heavy atom. The summed E-state index contributed by atoms with van der Waals surface area (Å²) in [6.07, 6.45) is 1.83. The van der Waals surface area contributed by atoms with Crippen LogP contribution in [0.1, 0.15) is 21.5 Å². The highest BCUT2D eigenvalue weighted by Crippen LogP contribution is 2.42. The van der Waals surface area contributed by atoms with Gasteiger partial charge in [0.25, 0.3) is 5.91 Å². The van der Waals surface area contributed by atoms with E-state index in [2.05, 4.69) is 0 Å². The van der Waals surface area contributed by atoms with Crippen molar-refractivity contribution in [3.05, 3.63) is 64.1 Å². The van der Waals surface area contributed by atoms with Gasteiger partial charge in [-0.2, -0.15) is 0 Å². The highest BCUT2D eigenvalue weighted by atomic mass is 32.2. The molecule has 0 unspecified atom stereocenters. The highest BCUT2D eigenvalue weighted by Gasteiger charge is 2.27. The van der Waals surface area contributed by atoms with Crippen LogP contribution in [0.4, 0.5) is 5.69 Å². The standard InChI is InChI=1S/C18H15NO3S/c1-11-3-5-12(6-4-11)9-16-17(20)19(2)14-8-7-13(18(21)22)10-15(14)23-16/h3-10H,1-2H3,(H,21,22). The van der Waals surface area contributed by atoms with E-state index in [4.69, 9.17) is 5.11 Å². The van der Waals surface area contributed by atoms with Crippen LogP contribution in [0.2, 0.25) is 0 Å². The lowest BCUT2D eigenvalue weighted by Crippen LogP contribution is -2.30. The number of benzene rings is 2. The second kappa shape index (κ2) is 5.93. The third-order valence-electron chi connectivity index (χ3n) is 3.68. The summed E-state index contributed by atoms with van der Waals surface area (Å²) in [5, 5.41) is 9.13. The van der Waals surface area contributed by atoms with Gasteiger partial charge in [-0.15, -0.1) is 0 Å². The molecule has 1 amide bonds. The molecule has 0 aromatic heterocycles. The zero-order chi connectivity index (χ0) is 16.6. The summed E-state index contributed by atoms with van der Waals surface area (Å²) in [6, 6.07) is 12.7. The number of aromatic carboxylic acids is 1. The van der Waals surface area contributed by atoms with Crippen LogP contribution in [-0.2, 0) is 4.79 Å². The first-order chi connectivity index (χ1) is 11.0. The Balaban J connectivity index is 2.02. The third-order valence-corrected chi connectivity index (χ3v) is 4.74. The molecule has 1 aliphatic heterocycles. The normalized spacial score (nSPS) is 15.7. The van der Waals surface area contributed by atoms with Crippen LogP contribution in [0.5, 0.6) is 0 Å². The number of likely N-dealkylation sites (N-methyl/N-ethyl adjacent to an activating group) is 1. The first-order valence-corrected chi connectivity index (χ1v) is 7.89. The van der Waals surface area contributed by atoms with Crippen LogP contribution < -0.4 is 4.90 Å². The minimum Gasteiger partial charge on any atom is -0.478 e. The molecule has 116 valence electrons. The van der Waals surface area contributed by atoms with E-state index >= 15 is 0 Å². The number of aryl methyl sites for hydroxylation is 1. The summed E-state index contributed by atoms with van der Waals surface area (Å²) in [6.45, 7) is 2.01. The molecule has 0 saturated carbocycles. The molecule has 2 aromatic carbocycles. The Bertz CT molecular complexity index is 825. The smallest absolute Gasteiger partial charge is 0.335 e. The molecule has 0 bridgehead atoms. The average molecular weight is 325 g/mol. The molecule has 4 nitrogen and oxygen atoms in total. The minimum absolute atomic E-state index is 0.0915. The largest absolute Gasteiger partial charge is 0.478 e. The fourth-order valence-corrected chi connectivity index (χ4v) is 3.50. The van der Waals surface area contributed by atoms with Crippen molar-refractivity contribution in [1.82, 2.24) is 0 Å². The fourth-order valence-electron chi connectivity index (χ4n) is 2.35. The van der Waals surface area contributed by atoms with Crippen molar-refractivity contribution >= 4 is 35.4 Å². The Morgan fingerprint density at radius 1 is 1.17 bits per heavy atom. The zero-order valence-corrected chi connectivity index (χ0v) is 13.6. The van der Waals surface area contributed by atoms with E-state index < -0.39 is 5.97 Å². The fraction of sp³-hybridized carbons (Fsp3) is 0.111. The number of carboxylic acids is 1. The number of amides is 1. The first kappa shape index (κ1) is 15.4. The number of hydrogen-bond acceptors (Lipinski definition) is 3. The summed E-state index contributed by atoms with van der Waals surface area (Å²) in [5.74, 6) is -1.07. The molecule has 0 atom stereocenters. The maximum Gasteiger partial charge on any atom is 0.335 e. The van der Waals surface area contributed by atoms with E-state index in [1.54, 1.807) is 24.1 Å². The number of carbonyl (C=O) groups is 2. The van der Waals surface area contributed by atoms with Crippen molar-refractivity contribution in [3.8, 4) is 0 Å². The summed E-state index contributed by atoms with van der Waals surface area (Å²) in [5.41, 5.74) is 3.04. The first-order valence-electron chi connectivity index (χ1n) is 7.07. The van der Waals surface area contributed by atoms with Gasteiger partial charge in [0.05, 0.1) is 16.2 Å². The number of fused-ring (bicyclic) bond motifs is 1. The number of rotatable bonds is 2. The van der Waals surface area contributed by atoms with Crippen molar-refractivity contribution in [2.24, 2.45) is 0 Å². The molecule has 0 aliphatic carbocycles. The average Bonchev–Trinajstić information content (AvgIpc) is 2.54. The Hall–Kier alpha value is -2.53. The van der Waals surface area contributed by atoms with Gasteiger partial charge >= 0.3 is 5.97 Å². The van der Waals surface area contributed by atoms with E-state index in [1.165, 1.54) is 17.8 Å². The lowest BCUT2D eigenvalue weighted by Gasteiger charge is -2.27. The van der Waals surface area contributed by atoms with Crippen LogP contribution in [0.15, 0.2) is 52.3 Å². The molecule has 5 heteroatoms. The van der Waals surface area contributed by atoms with E-state index in [9.17, 15) is 9.59 Å². The molecule has 2 aromatic rings. The summed E-state index contributed by atoms with van der Waals surface area (Å²) >= 11 is 1.31. The van der Waals surface area contributed by atoms with E-state index in [0.717, 1.165) is 21.7 Å². The SMILES string of the molecule is Cc1ccc(C=C2Sc3cc(C(=O)O)ccc3N(C)C2=O)cc1. The molecule has 0 spiro atoms. The lowest BCUT2D eigenvalue weighted by molar-refractivity contribution is -0.114. The Morgan fingerprint density at radius 3 is 2.52 bits per heavy atom. The molecule has 0 radical (unpaired) electrons. The van der Waals surface area contributed by atoms with Crippen LogP contribution in [-0.4, -0.2) is 24.0 Å². The Labute approximate surface area is 138 Å².